The average Bonchev–Trinajstić information content (AvgIpc) is 1.52. The second-order valence-corrected chi connectivity index (χ2v) is 26.0. The molecule has 0 aliphatic carbocycles. The minimum atomic E-state index is -0.747. The van der Waals surface area contributed by atoms with Crippen molar-refractivity contribution in [2.24, 2.45) is 0 Å². The second-order valence-electron chi connectivity index (χ2n) is 26.0. The molecule has 0 saturated heterocycles. The number of nitrogens with zero attached hydrogens (tertiary/aromatic N) is 4. The molecule has 3 aromatic heterocycles. The summed E-state index contributed by atoms with van der Waals surface area (Å²) in [6.07, 6.45) is 5.77. The molecule has 0 saturated carbocycles. The molecule has 0 spiro atoms. The van der Waals surface area contributed by atoms with E-state index in [1.165, 1.54) is 0 Å². The maximum absolute atomic E-state index is 10.4. The van der Waals surface area contributed by atoms with Crippen LogP contribution in [0, 0.1) is 6.33 Å². The van der Waals surface area contributed by atoms with Crippen LogP contribution < -0.4 is 9.30 Å². The number of rotatable bonds is 8. The van der Waals surface area contributed by atoms with E-state index >= 15 is 0 Å². The fourth-order valence-electron chi connectivity index (χ4n) is 12.4. The summed E-state index contributed by atoms with van der Waals surface area (Å²) in [5.74, 6) is 1.78. The zero-order valence-corrected chi connectivity index (χ0v) is 51.0. The normalized spacial score (nSPS) is 14.4. The highest BCUT2D eigenvalue weighted by Crippen LogP contribution is 2.49. The van der Waals surface area contributed by atoms with E-state index in [1.54, 1.807) is 6.07 Å². The van der Waals surface area contributed by atoms with Gasteiger partial charge in [-0.1, -0.05) is 238 Å². The topological polar surface area (TPSA) is 35.9 Å². The van der Waals surface area contributed by atoms with Gasteiger partial charge in [-0.3, -0.25) is 13.7 Å². The molecule has 0 fully saturated rings. The molecule has 5 heteroatoms. The van der Waals surface area contributed by atoms with Gasteiger partial charge in [0.25, 0.3) is 6.33 Å². The minimum Gasteiger partial charge on any atom is -0.458 e. The van der Waals surface area contributed by atoms with Crippen molar-refractivity contribution in [3.8, 4) is 107 Å². The van der Waals surface area contributed by atoms with E-state index in [2.05, 4.69) is 163 Å². The molecule has 15 rings (SSSR count). The first-order valence-electron chi connectivity index (χ1n) is 36.5. The van der Waals surface area contributed by atoms with Gasteiger partial charge in [0.1, 0.15) is 17.3 Å². The molecule has 0 radical (unpaired) electrons. The Bertz CT molecular complexity index is 5760. The number of hydrogen-bond acceptors (Lipinski definition) is 2. The molecule has 89 heavy (non-hydrogen) atoms. The molecular formula is C84H70N4O. The molecule has 0 bridgehead atoms. The van der Waals surface area contributed by atoms with E-state index in [0.717, 1.165) is 88.9 Å². The summed E-state index contributed by atoms with van der Waals surface area (Å²) >= 11 is 0. The molecule has 432 valence electrons. The Hall–Kier alpha value is -10.4. The third-order valence-corrected chi connectivity index (χ3v) is 17.1. The van der Waals surface area contributed by atoms with Crippen molar-refractivity contribution in [2.75, 3.05) is 0 Å². The van der Waals surface area contributed by atoms with Crippen molar-refractivity contribution in [3.63, 3.8) is 0 Å². The predicted octanol–water partition coefficient (Wildman–Crippen LogP) is 21.9. The largest absolute Gasteiger partial charge is 0.458 e. The number of benzene rings is 11. The SMILES string of the molecule is [2H]c1c([2H])c([2H])c(-c2c([2H])c(-c3cc4c5c(c3)n(-c3cccc(Oc6ccc7c8ccccc8n(-c8cc(C(C)(C)C)ccn8)c7c6)c3)[c-][n+]5-c3c(-c5ccc(C(C)(C)C)cc5)cc(C(C)(C)C)cc3-c3ccccc3-c3ccccc3-4)c([2H])c(-c3c([2H])c([2H])c([2H])c([2H])c3[2H])c2[2H])c([2H])c1[2H]. The van der Waals surface area contributed by atoms with E-state index in [-0.39, 0.29) is 27.4 Å². The lowest BCUT2D eigenvalue weighted by atomic mass is 9.80. The van der Waals surface area contributed by atoms with E-state index in [1.807, 2.05) is 95.7 Å². The van der Waals surface area contributed by atoms with Gasteiger partial charge < -0.3 is 4.74 Å². The van der Waals surface area contributed by atoms with Crippen molar-refractivity contribution < 1.29 is 27.1 Å². The molecular weight excluding hydrogens is 1080 g/mol. The van der Waals surface area contributed by atoms with Crippen LogP contribution in [0.5, 0.6) is 11.5 Å². The van der Waals surface area contributed by atoms with Gasteiger partial charge in [-0.25, -0.2) is 4.98 Å². The summed E-state index contributed by atoms with van der Waals surface area (Å²) in [6.45, 7) is 19.7. The number of imidazole rings is 1. The Morgan fingerprint density at radius 2 is 0.966 bits per heavy atom. The smallest absolute Gasteiger partial charge is 0.269 e. The lowest BCUT2D eigenvalue weighted by Crippen LogP contribution is -2.32. The lowest BCUT2D eigenvalue weighted by Gasteiger charge is -2.26. The van der Waals surface area contributed by atoms with Crippen LogP contribution in [-0.2, 0) is 16.2 Å². The van der Waals surface area contributed by atoms with Crippen LogP contribution in [0.25, 0.3) is 128 Å². The highest BCUT2D eigenvalue weighted by molar-refractivity contribution is 6.10. The Balaban J connectivity index is 1.07. The average molecular weight is 1160 g/mol. The zero-order chi connectivity index (χ0) is 72.2. The van der Waals surface area contributed by atoms with Gasteiger partial charge in [0, 0.05) is 23.0 Å². The molecule has 1 aliphatic heterocycles. The van der Waals surface area contributed by atoms with Crippen molar-refractivity contribution >= 4 is 32.8 Å². The van der Waals surface area contributed by atoms with Crippen LogP contribution in [0.3, 0.4) is 0 Å². The maximum Gasteiger partial charge on any atom is 0.269 e. The Morgan fingerprint density at radius 3 is 1.61 bits per heavy atom. The standard InChI is InChI=1S/C84H70N4O/c1-82(2,3)61-37-35-56(36-38-61)73-48-63(84(7,8)9)49-75-70-32-19-17-30-68(70)67-29-16-18-31-69(67)74-46-60(59-44-57(54-23-12-10-13-24-54)43-58(45-59)55-25-14-11-15-26-55)47-78-81(74)87(80(73)75)53-86(78)64-27-22-28-65(51-64)89-66-39-40-72-71-33-20-21-34-76(71)88(77(72)52-66)79-50-62(41-42-85-79)83(4,5)6/h10-52H,1-9H3/i10D,11D,12D,13D,14D,15D,23D,24D,25D,26D,43D,44D,45D. The third-order valence-electron chi connectivity index (χ3n) is 17.1. The van der Waals surface area contributed by atoms with Gasteiger partial charge in [0.05, 0.1) is 51.3 Å². The Morgan fingerprint density at radius 1 is 0.404 bits per heavy atom. The molecule has 1 aliphatic rings. The predicted molar refractivity (Wildman–Crippen MR) is 370 cm³/mol. The van der Waals surface area contributed by atoms with Gasteiger partial charge in [-0.15, -0.1) is 0 Å². The lowest BCUT2D eigenvalue weighted by molar-refractivity contribution is -0.570. The van der Waals surface area contributed by atoms with Crippen molar-refractivity contribution in [1.29, 1.82) is 0 Å². The quantitative estimate of drug-likeness (QED) is 0.112. The molecule has 0 N–H and O–H groups in total. The van der Waals surface area contributed by atoms with E-state index in [4.69, 9.17) is 17.9 Å². The zero-order valence-electron chi connectivity index (χ0n) is 64.0. The first kappa shape index (κ1) is 42.5. The Kier molecular flexibility index (Phi) is 10.1. The van der Waals surface area contributed by atoms with Gasteiger partial charge in [0.15, 0.2) is 0 Å². The van der Waals surface area contributed by atoms with Crippen molar-refractivity contribution in [1.82, 2.24) is 14.1 Å². The highest BCUT2D eigenvalue weighted by atomic mass is 16.5. The molecule has 0 atom stereocenters. The van der Waals surface area contributed by atoms with Crippen molar-refractivity contribution in [3.05, 3.63) is 284 Å². The van der Waals surface area contributed by atoms with E-state index < -0.39 is 101 Å². The van der Waals surface area contributed by atoms with Crippen LogP contribution in [0.2, 0.25) is 0 Å². The van der Waals surface area contributed by atoms with Gasteiger partial charge in [-0.05, 0) is 184 Å². The monoisotopic (exact) mass is 1160 g/mol. The molecule has 14 aromatic rings. The van der Waals surface area contributed by atoms with Crippen LogP contribution in [0.1, 0.15) is 96.8 Å². The summed E-state index contributed by atoms with van der Waals surface area (Å²) < 4.78 is 134. The molecule has 5 nitrogen and oxygen atoms in total. The molecule has 4 heterocycles. The van der Waals surface area contributed by atoms with Crippen LogP contribution in [0.4, 0.5) is 0 Å². The molecule has 11 aromatic carbocycles. The summed E-state index contributed by atoms with van der Waals surface area (Å²) in [5, 5.41) is 2.07. The van der Waals surface area contributed by atoms with Gasteiger partial charge >= 0.3 is 0 Å². The number of hydrogen-bond donors (Lipinski definition) is 0. The number of ether oxygens (including phenoxy) is 1. The van der Waals surface area contributed by atoms with Crippen LogP contribution >= 0.6 is 0 Å². The first-order chi connectivity index (χ1) is 48.4. The van der Waals surface area contributed by atoms with Crippen LogP contribution in [0.15, 0.2) is 261 Å². The number of fused-ring (bicyclic) bond motifs is 10. The summed E-state index contributed by atoms with van der Waals surface area (Å²) in [7, 11) is 0. The second kappa shape index (κ2) is 21.2. The van der Waals surface area contributed by atoms with Crippen LogP contribution in [-0.4, -0.2) is 14.1 Å². The minimum absolute atomic E-state index is 0.142. The van der Waals surface area contributed by atoms with E-state index in [0.29, 0.717) is 33.8 Å². The van der Waals surface area contributed by atoms with E-state index in [9.17, 15) is 9.60 Å². The highest BCUT2D eigenvalue weighted by Gasteiger charge is 2.30. The number of aromatic nitrogens is 4. The van der Waals surface area contributed by atoms with Crippen molar-refractivity contribution in [2.45, 2.75) is 78.6 Å². The maximum atomic E-state index is 10.4. The fraction of sp³-hybridized carbons (Fsp3) is 0.143. The number of pyridine rings is 1. The summed E-state index contributed by atoms with van der Waals surface area (Å²) in [5.41, 5.74) is 11.7. The first-order valence-corrected chi connectivity index (χ1v) is 30.0. The van der Waals surface area contributed by atoms with Gasteiger partial charge in [-0.2, -0.15) is 0 Å². The molecule has 0 amide bonds. The summed E-state index contributed by atoms with van der Waals surface area (Å²) in [6, 6.07) is 50.0. The number of para-hydroxylation sites is 1. The summed E-state index contributed by atoms with van der Waals surface area (Å²) in [4.78, 5) is 4.93. The Labute approximate surface area is 540 Å². The fourth-order valence-corrected chi connectivity index (χ4v) is 12.4. The third kappa shape index (κ3) is 9.92. The molecule has 0 unspecified atom stereocenters. The van der Waals surface area contributed by atoms with Gasteiger partial charge in [0.2, 0.25) is 0 Å².